The van der Waals surface area contributed by atoms with Gasteiger partial charge in [-0.25, -0.2) is 29.9 Å². The molecule has 20 heteroatoms. The highest BCUT2D eigenvalue weighted by Gasteiger charge is 2.38. The van der Waals surface area contributed by atoms with E-state index in [-0.39, 0.29) is 23.7 Å². The third kappa shape index (κ3) is 11.0. The minimum atomic E-state index is -0.756. The van der Waals surface area contributed by atoms with E-state index >= 15 is 0 Å². The van der Waals surface area contributed by atoms with Crippen molar-refractivity contribution in [3.63, 3.8) is 0 Å². The van der Waals surface area contributed by atoms with Gasteiger partial charge in [0.15, 0.2) is 11.5 Å². The summed E-state index contributed by atoms with van der Waals surface area (Å²) in [5.74, 6) is 1.13. The molecule has 10 rings (SSSR count). The average molecular weight is 945 g/mol. The second-order valence-electron chi connectivity index (χ2n) is 16.8. The van der Waals surface area contributed by atoms with E-state index in [0.29, 0.717) is 85.4 Å². The van der Waals surface area contributed by atoms with Crippen LogP contribution in [-0.2, 0) is 22.7 Å². The summed E-state index contributed by atoms with van der Waals surface area (Å²) in [4.78, 5) is 57.6. The second kappa shape index (κ2) is 21.5. The SMILES string of the molecule is Cc1noc(-c2ccc(OC[C@@H]3CC[C@H]3C(=O)O)cn2)c1CNc1nccc(-c2ccccn2)n1.Cc1noc(-c2ccc(OC[C@H]3CC[C@@H]3C(=O)O)cn2)c1CNc1nccc(-c2ccccn2)n1. The summed E-state index contributed by atoms with van der Waals surface area (Å²) in [6.45, 7) is 5.26. The van der Waals surface area contributed by atoms with E-state index in [2.05, 4.69) is 60.8 Å². The number of hydrogen-bond donors (Lipinski definition) is 4. The largest absolute Gasteiger partial charge is 0.492 e. The van der Waals surface area contributed by atoms with Crippen LogP contribution in [0.5, 0.6) is 11.5 Å². The van der Waals surface area contributed by atoms with Gasteiger partial charge in [-0.1, -0.05) is 22.4 Å². The minimum Gasteiger partial charge on any atom is -0.492 e. The summed E-state index contributed by atoms with van der Waals surface area (Å²) in [5.41, 5.74) is 7.37. The molecule has 0 spiro atoms. The van der Waals surface area contributed by atoms with E-state index in [1.807, 2.05) is 62.4 Å². The molecule has 2 aliphatic carbocycles. The Bertz CT molecular complexity index is 2820. The molecular formula is C50H48N12O8. The Kier molecular flexibility index (Phi) is 14.3. The van der Waals surface area contributed by atoms with Crippen LogP contribution >= 0.6 is 0 Å². The van der Waals surface area contributed by atoms with Crippen LogP contribution in [0.4, 0.5) is 11.9 Å². The number of pyridine rings is 4. The topological polar surface area (TPSA) is 272 Å². The normalized spacial score (nSPS) is 16.9. The molecule has 0 saturated heterocycles. The Morgan fingerprint density at radius 3 is 1.36 bits per heavy atom. The number of aromatic nitrogens is 10. The number of hydrogen-bond acceptors (Lipinski definition) is 18. The van der Waals surface area contributed by atoms with Crippen molar-refractivity contribution in [3.8, 4) is 57.2 Å². The molecule has 70 heavy (non-hydrogen) atoms. The van der Waals surface area contributed by atoms with E-state index in [4.69, 9.17) is 18.5 Å². The number of aliphatic carboxylic acids is 2. The van der Waals surface area contributed by atoms with Crippen molar-refractivity contribution in [1.82, 2.24) is 50.2 Å². The van der Waals surface area contributed by atoms with Crippen molar-refractivity contribution in [2.45, 2.75) is 52.6 Å². The molecule has 0 amide bonds. The molecule has 0 aromatic carbocycles. The number of nitrogens with one attached hydrogen (secondary N) is 2. The van der Waals surface area contributed by atoms with E-state index in [1.165, 1.54) is 0 Å². The van der Waals surface area contributed by atoms with Crippen LogP contribution in [0.15, 0.2) is 119 Å². The first-order valence-electron chi connectivity index (χ1n) is 22.7. The lowest BCUT2D eigenvalue weighted by Gasteiger charge is -2.32. The lowest BCUT2D eigenvalue weighted by Crippen LogP contribution is -2.36. The van der Waals surface area contributed by atoms with E-state index in [0.717, 1.165) is 58.1 Å². The van der Waals surface area contributed by atoms with Gasteiger partial charge in [0.05, 0.1) is 71.6 Å². The van der Waals surface area contributed by atoms with Crippen LogP contribution in [-0.4, -0.2) is 85.6 Å². The van der Waals surface area contributed by atoms with Crippen LogP contribution in [0, 0.1) is 37.5 Å². The molecule has 4 N–H and O–H groups in total. The molecule has 0 bridgehead atoms. The van der Waals surface area contributed by atoms with Crippen LogP contribution in [0.1, 0.15) is 48.2 Å². The average Bonchev–Trinajstić information content (AvgIpc) is 3.93. The Morgan fingerprint density at radius 1 is 0.543 bits per heavy atom. The van der Waals surface area contributed by atoms with Gasteiger partial charge in [-0.2, -0.15) is 0 Å². The highest BCUT2D eigenvalue weighted by molar-refractivity contribution is 5.72. The maximum Gasteiger partial charge on any atom is 0.306 e. The number of rotatable bonds is 18. The summed E-state index contributed by atoms with van der Waals surface area (Å²) in [7, 11) is 0. The van der Waals surface area contributed by atoms with Crippen molar-refractivity contribution in [3.05, 3.63) is 132 Å². The number of anilines is 2. The maximum atomic E-state index is 11.2. The molecule has 0 aliphatic heterocycles. The molecule has 0 radical (unpaired) electrons. The summed E-state index contributed by atoms with van der Waals surface area (Å²) >= 11 is 0. The van der Waals surface area contributed by atoms with E-state index in [1.54, 1.807) is 61.4 Å². The quantitative estimate of drug-likeness (QED) is 0.0634. The zero-order valence-corrected chi connectivity index (χ0v) is 38.2. The highest BCUT2D eigenvalue weighted by atomic mass is 16.5. The summed E-state index contributed by atoms with van der Waals surface area (Å²) in [6, 6.07) is 22.1. The smallest absolute Gasteiger partial charge is 0.306 e. The van der Waals surface area contributed by atoms with E-state index < -0.39 is 11.9 Å². The molecule has 2 fully saturated rings. The molecule has 0 unspecified atom stereocenters. The van der Waals surface area contributed by atoms with Crippen molar-refractivity contribution in [1.29, 1.82) is 0 Å². The number of ether oxygens (including phenoxy) is 2. The molecule has 2 aliphatic rings. The van der Waals surface area contributed by atoms with Gasteiger partial charge < -0.3 is 39.4 Å². The first kappa shape index (κ1) is 46.4. The number of carboxylic acids is 2. The Morgan fingerprint density at radius 2 is 1.00 bits per heavy atom. The molecule has 356 valence electrons. The highest BCUT2D eigenvalue weighted by Crippen LogP contribution is 2.36. The molecule has 2 saturated carbocycles. The van der Waals surface area contributed by atoms with Crippen molar-refractivity contribution >= 4 is 23.8 Å². The lowest BCUT2D eigenvalue weighted by atomic mass is 9.74. The fourth-order valence-electron chi connectivity index (χ4n) is 7.93. The number of carbonyl (C=O) groups is 2. The van der Waals surface area contributed by atoms with Gasteiger partial charge in [-0.05, 0) is 100 Å². The van der Waals surface area contributed by atoms with Gasteiger partial charge in [-0.15, -0.1) is 0 Å². The van der Waals surface area contributed by atoms with Crippen molar-refractivity contribution < 1.29 is 38.3 Å². The second-order valence-corrected chi connectivity index (χ2v) is 16.8. The van der Waals surface area contributed by atoms with Crippen LogP contribution in [0.3, 0.4) is 0 Å². The van der Waals surface area contributed by atoms with Gasteiger partial charge in [0.2, 0.25) is 11.9 Å². The fraction of sp³-hybridized carbons (Fsp3) is 0.280. The number of aryl methyl sites for hydroxylation is 2. The Labute approximate surface area is 401 Å². The van der Waals surface area contributed by atoms with Gasteiger partial charge in [-0.3, -0.25) is 19.6 Å². The van der Waals surface area contributed by atoms with Gasteiger partial charge >= 0.3 is 11.9 Å². The molecule has 8 aromatic rings. The molecule has 8 aromatic heterocycles. The first-order chi connectivity index (χ1) is 34.2. The van der Waals surface area contributed by atoms with Crippen LogP contribution in [0.2, 0.25) is 0 Å². The molecular weight excluding hydrogens is 897 g/mol. The lowest BCUT2D eigenvalue weighted by molar-refractivity contribution is -0.149. The van der Waals surface area contributed by atoms with Gasteiger partial charge in [0.1, 0.15) is 22.9 Å². The Balaban J connectivity index is 0.000000174. The van der Waals surface area contributed by atoms with Crippen LogP contribution < -0.4 is 20.1 Å². The number of nitrogens with zero attached hydrogens (tertiary/aromatic N) is 10. The standard InChI is InChI=1S/2C25H24N6O4/c2*1-15-19(13-29-25-27-11-9-21(30-25)20-4-2-3-10-26-20)23(35-31-15)22-8-6-17(12-28-22)34-14-16-5-7-18(16)24(32)33/h2*2-4,6,8-12,16,18H,5,7,13-14H2,1H3,(H,32,33)(H,27,29,30)/t2*16-,18+/m10/s1. The summed E-state index contributed by atoms with van der Waals surface area (Å²) in [6.07, 6.45) is 13.2. The monoisotopic (exact) mass is 944 g/mol. The minimum absolute atomic E-state index is 0.0418. The third-order valence-corrected chi connectivity index (χ3v) is 12.3. The van der Waals surface area contributed by atoms with Gasteiger partial charge in [0, 0.05) is 60.8 Å². The first-order valence-corrected chi connectivity index (χ1v) is 22.7. The third-order valence-electron chi connectivity index (χ3n) is 12.3. The van der Waals surface area contributed by atoms with E-state index in [9.17, 15) is 19.8 Å². The predicted octanol–water partition coefficient (Wildman–Crippen LogP) is 8.00. The molecule has 4 atom stereocenters. The van der Waals surface area contributed by atoms with Crippen LogP contribution in [0.25, 0.3) is 45.7 Å². The van der Waals surface area contributed by atoms with Crippen molar-refractivity contribution in [2.75, 3.05) is 23.8 Å². The number of carboxylic acid groups (broad SMARTS) is 2. The van der Waals surface area contributed by atoms with Crippen molar-refractivity contribution in [2.24, 2.45) is 23.7 Å². The van der Waals surface area contributed by atoms with Gasteiger partial charge in [0.25, 0.3) is 0 Å². The molecule has 20 nitrogen and oxygen atoms in total. The Hall–Kier alpha value is -8.68. The fourth-order valence-corrected chi connectivity index (χ4v) is 7.93. The predicted molar refractivity (Wildman–Crippen MR) is 253 cm³/mol. The molecule has 8 heterocycles. The summed E-state index contributed by atoms with van der Waals surface area (Å²) in [5, 5.41) is 33.0. The zero-order valence-electron chi connectivity index (χ0n) is 38.2. The zero-order chi connectivity index (χ0) is 48.4. The maximum absolute atomic E-state index is 11.2. The summed E-state index contributed by atoms with van der Waals surface area (Å²) < 4.78 is 22.6.